The Labute approximate surface area is 239 Å². The van der Waals surface area contributed by atoms with E-state index in [1.165, 1.54) is 43.8 Å². The summed E-state index contributed by atoms with van der Waals surface area (Å²) in [7, 11) is 0. The van der Waals surface area contributed by atoms with Gasteiger partial charge in [0.15, 0.2) is 0 Å². The van der Waals surface area contributed by atoms with Gasteiger partial charge in [0.1, 0.15) is 5.52 Å². The van der Waals surface area contributed by atoms with Gasteiger partial charge >= 0.3 is 0 Å². The van der Waals surface area contributed by atoms with Crippen LogP contribution < -0.4 is 0 Å². The molecule has 0 saturated heterocycles. The highest BCUT2D eigenvalue weighted by Gasteiger charge is 2.37. The predicted octanol–water partition coefficient (Wildman–Crippen LogP) is 8.74. The monoisotopic (exact) mass is 537 g/mol. The Kier molecular flexibility index (Phi) is 3.41. The number of nitrogens with zero attached hydrogens (tertiary/aromatic N) is 5. The molecule has 0 spiro atoms. The number of rotatable bonds is 0. The van der Waals surface area contributed by atoms with Crippen LogP contribution in [0.4, 0.5) is 0 Å². The van der Waals surface area contributed by atoms with Crippen LogP contribution in [-0.2, 0) is 5.41 Å². The third-order valence-electron chi connectivity index (χ3n) is 9.97. The van der Waals surface area contributed by atoms with E-state index >= 15 is 0 Å². The Morgan fingerprint density at radius 3 is 1.95 bits per heavy atom. The molecule has 0 N–H and O–H groups in total. The topological polar surface area (TPSA) is 39.0 Å². The lowest BCUT2D eigenvalue weighted by Crippen LogP contribution is -2.14. The SMILES string of the molecule is CC1(C)c2ccccc2-c2c1ccc1c2nc2n1c1cccc3c1n2c1nc2c4ccccc4c4ccccc4c2n31. The molecule has 4 heterocycles. The number of imidazole rings is 4. The van der Waals surface area contributed by atoms with Crippen molar-refractivity contribution in [3.05, 3.63) is 114 Å². The first kappa shape index (κ1) is 21.3. The number of fused-ring (bicyclic) bond motifs is 19. The second-order valence-corrected chi connectivity index (χ2v) is 12.3. The van der Waals surface area contributed by atoms with Gasteiger partial charge in [-0.2, -0.15) is 0 Å². The quantitative estimate of drug-likeness (QED) is 0.181. The van der Waals surface area contributed by atoms with E-state index in [4.69, 9.17) is 9.97 Å². The van der Waals surface area contributed by atoms with Gasteiger partial charge in [-0.3, -0.25) is 8.80 Å². The number of para-hydroxylation sites is 1. The standard InChI is InChI=1S/C37H23N5/c1-37(2)25-15-8-7-14-24(25)30-26(37)18-19-27-32(30)39-35-40(27)28-16-9-17-29-34(28)42(35)36-38-31-22-12-5-3-10-20(22)21-11-4-6-13-23(21)33(31)41(29)36/h3-19H,1-2H3. The molecule has 0 saturated carbocycles. The van der Waals surface area contributed by atoms with E-state index in [2.05, 4.69) is 130 Å². The second-order valence-electron chi connectivity index (χ2n) is 12.3. The molecule has 5 heteroatoms. The molecule has 1 aliphatic rings. The molecule has 42 heavy (non-hydrogen) atoms. The molecule has 4 aromatic heterocycles. The molecule has 5 nitrogen and oxygen atoms in total. The minimum Gasteiger partial charge on any atom is -0.276 e. The molecule has 10 aromatic rings. The predicted molar refractivity (Wildman–Crippen MR) is 171 cm³/mol. The van der Waals surface area contributed by atoms with Crippen LogP contribution in [0.15, 0.2) is 103 Å². The lowest BCUT2D eigenvalue weighted by atomic mass is 9.82. The van der Waals surface area contributed by atoms with Crippen LogP contribution in [0.2, 0.25) is 0 Å². The third kappa shape index (κ3) is 2.15. The highest BCUT2D eigenvalue weighted by molar-refractivity contribution is 6.25. The van der Waals surface area contributed by atoms with Crippen molar-refractivity contribution >= 4 is 71.7 Å². The van der Waals surface area contributed by atoms with E-state index in [1.807, 2.05) is 0 Å². The summed E-state index contributed by atoms with van der Waals surface area (Å²) in [6.07, 6.45) is 0. The molecule has 6 aromatic carbocycles. The minimum atomic E-state index is -0.0665. The smallest absolute Gasteiger partial charge is 0.223 e. The van der Waals surface area contributed by atoms with Crippen molar-refractivity contribution in [2.75, 3.05) is 0 Å². The molecule has 0 amide bonds. The lowest BCUT2D eigenvalue weighted by Gasteiger charge is -2.21. The van der Waals surface area contributed by atoms with Gasteiger partial charge in [0, 0.05) is 21.8 Å². The first-order valence-electron chi connectivity index (χ1n) is 14.5. The van der Waals surface area contributed by atoms with Crippen LogP contribution in [0, 0.1) is 0 Å². The van der Waals surface area contributed by atoms with Gasteiger partial charge < -0.3 is 0 Å². The van der Waals surface area contributed by atoms with E-state index in [0.29, 0.717) is 0 Å². The molecule has 0 unspecified atom stereocenters. The van der Waals surface area contributed by atoms with Gasteiger partial charge in [0.25, 0.3) is 0 Å². The summed E-state index contributed by atoms with van der Waals surface area (Å²) in [5.74, 6) is 1.81. The highest BCUT2D eigenvalue weighted by Crippen LogP contribution is 2.51. The van der Waals surface area contributed by atoms with Gasteiger partial charge in [-0.05, 0) is 45.7 Å². The zero-order chi connectivity index (χ0) is 27.5. The molecule has 0 fully saturated rings. The van der Waals surface area contributed by atoms with Gasteiger partial charge in [-0.25, -0.2) is 14.4 Å². The minimum absolute atomic E-state index is 0.0665. The van der Waals surface area contributed by atoms with Crippen LogP contribution in [-0.4, -0.2) is 23.2 Å². The zero-order valence-electron chi connectivity index (χ0n) is 23.1. The molecule has 0 radical (unpaired) electrons. The van der Waals surface area contributed by atoms with Crippen molar-refractivity contribution in [1.29, 1.82) is 0 Å². The fourth-order valence-corrected chi connectivity index (χ4v) is 8.17. The van der Waals surface area contributed by atoms with Gasteiger partial charge in [-0.1, -0.05) is 98.8 Å². The molecular weight excluding hydrogens is 514 g/mol. The summed E-state index contributed by atoms with van der Waals surface area (Å²) < 4.78 is 6.97. The summed E-state index contributed by atoms with van der Waals surface area (Å²) >= 11 is 0. The van der Waals surface area contributed by atoms with Crippen molar-refractivity contribution in [2.24, 2.45) is 0 Å². The molecule has 0 bridgehead atoms. The highest BCUT2D eigenvalue weighted by atomic mass is 15.3. The number of aromatic nitrogens is 5. The number of hydrogen-bond donors (Lipinski definition) is 0. The van der Waals surface area contributed by atoms with E-state index in [9.17, 15) is 0 Å². The third-order valence-corrected chi connectivity index (χ3v) is 9.97. The Bertz CT molecular complexity index is 2820. The maximum atomic E-state index is 5.46. The molecule has 11 rings (SSSR count). The average Bonchev–Trinajstić information content (AvgIpc) is 3.79. The first-order chi connectivity index (χ1) is 20.6. The Hall–Kier alpha value is -5.42. The summed E-state index contributed by atoms with van der Waals surface area (Å²) in [5, 5.41) is 4.88. The van der Waals surface area contributed by atoms with Crippen LogP contribution in [0.5, 0.6) is 0 Å². The van der Waals surface area contributed by atoms with E-state index < -0.39 is 0 Å². The summed E-state index contributed by atoms with van der Waals surface area (Å²) in [6, 6.07) is 37.4. The summed E-state index contributed by atoms with van der Waals surface area (Å²) in [6.45, 7) is 4.65. The zero-order valence-corrected chi connectivity index (χ0v) is 23.1. The van der Waals surface area contributed by atoms with Crippen molar-refractivity contribution in [3.8, 4) is 11.1 Å². The summed E-state index contributed by atoms with van der Waals surface area (Å²) in [5.41, 5.74) is 13.0. The maximum absolute atomic E-state index is 5.46. The van der Waals surface area contributed by atoms with E-state index in [-0.39, 0.29) is 5.41 Å². The normalized spacial score (nSPS) is 14.6. The molecule has 196 valence electrons. The van der Waals surface area contributed by atoms with Gasteiger partial charge in [-0.15, -0.1) is 0 Å². The van der Waals surface area contributed by atoms with Crippen molar-refractivity contribution in [2.45, 2.75) is 19.3 Å². The fourth-order valence-electron chi connectivity index (χ4n) is 8.17. The number of benzene rings is 6. The molecular formula is C37H23N5. The Morgan fingerprint density at radius 2 is 1.12 bits per heavy atom. The van der Waals surface area contributed by atoms with Crippen molar-refractivity contribution in [1.82, 2.24) is 23.2 Å². The molecule has 0 aliphatic heterocycles. The van der Waals surface area contributed by atoms with Crippen molar-refractivity contribution < 1.29 is 0 Å². The molecule has 0 atom stereocenters. The first-order valence-corrected chi connectivity index (χ1v) is 14.5. The Morgan fingerprint density at radius 1 is 0.476 bits per heavy atom. The van der Waals surface area contributed by atoms with Crippen LogP contribution in [0.1, 0.15) is 25.0 Å². The molecule has 1 aliphatic carbocycles. The van der Waals surface area contributed by atoms with E-state index in [1.54, 1.807) is 0 Å². The maximum Gasteiger partial charge on any atom is 0.223 e. The van der Waals surface area contributed by atoms with Crippen LogP contribution in [0.3, 0.4) is 0 Å². The lowest BCUT2D eigenvalue weighted by molar-refractivity contribution is 0.661. The fraction of sp³-hybridized carbons (Fsp3) is 0.0811. The van der Waals surface area contributed by atoms with Gasteiger partial charge in [0.05, 0.1) is 33.1 Å². The second kappa shape index (κ2) is 6.72. The Balaban J connectivity index is 1.39. The van der Waals surface area contributed by atoms with Gasteiger partial charge in [0.2, 0.25) is 11.6 Å². The van der Waals surface area contributed by atoms with Crippen LogP contribution >= 0.6 is 0 Å². The number of hydrogen-bond acceptors (Lipinski definition) is 2. The largest absolute Gasteiger partial charge is 0.276 e. The van der Waals surface area contributed by atoms with Crippen LogP contribution in [0.25, 0.3) is 82.8 Å². The van der Waals surface area contributed by atoms with Crippen molar-refractivity contribution in [3.63, 3.8) is 0 Å². The summed E-state index contributed by atoms with van der Waals surface area (Å²) in [4.78, 5) is 10.9. The average molecular weight is 538 g/mol. The van der Waals surface area contributed by atoms with E-state index in [0.717, 1.165) is 50.2 Å².